The summed E-state index contributed by atoms with van der Waals surface area (Å²) in [6.45, 7) is 3.33. The Morgan fingerprint density at radius 1 is 1.23 bits per heavy atom. The molecular formula is C19H27ClN2O6S2. The Balaban J connectivity index is 1.42. The van der Waals surface area contributed by atoms with Crippen molar-refractivity contribution in [2.45, 2.75) is 31.4 Å². The maximum atomic E-state index is 12.7. The molecule has 1 unspecified atom stereocenters. The number of piperazine rings is 1. The molecule has 30 heavy (non-hydrogen) atoms. The highest BCUT2D eigenvalue weighted by atomic mass is 35.5. The summed E-state index contributed by atoms with van der Waals surface area (Å²) < 4.78 is 55.6. The smallest absolute Gasteiger partial charge is 0.222 e. The first-order valence-electron chi connectivity index (χ1n) is 9.94. The largest absolute Gasteiger partial charge is 0.493 e. The maximum absolute atomic E-state index is 12.7. The number of hydrogen-bond acceptors (Lipinski definition) is 6. The number of aryl methyl sites for hydroxylation is 1. The lowest BCUT2D eigenvalue weighted by molar-refractivity contribution is -0.132. The van der Waals surface area contributed by atoms with Gasteiger partial charge in [0.2, 0.25) is 15.9 Å². The quantitative estimate of drug-likeness (QED) is 0.550. The van der Waals surface area contributed by atoms with E-state index >= 15 is 0 Å². The van der Waals surface area contributed by atoms with Crippen molar-refractivity contribution in [3.63, 3.8) is 0 Å². The van der Waals surface area contributed by atoms with Crippen molar-refractivity contribution in [3.8, 4) is 5.75 Å². The average Bonchev–Trinajstić information content (AvgIpc) is 3.07. The average molecular weight is 479 g/mol. The van der Waals surface area contributed by atoms with Gasteiger partial charge in [-0.05, 0) is 43.5 Å². The number of ether oxygens (including phenoxy) is 1. The Kier molecular flexibility index (Phi) is 7.32. The molecule has 2 aliphatic heterocycles. The first kappa shape index (κ1) is 23.3. The maximum Gasteiger partial charge on any atom is 0.222 e. The molecule has 2 heterocycles. The zero-order valence-electron chi connectivity index (χ0n) is 16.9. The monoisotopic (exact) mass is 478 g/mol. The number of nitrogens with zero attached hydrogens (tertiary/aromatic N) is 2. The van der Waals surface area contributed by atoms with E-state index < -0.39 is 25.1 Å². The van der Waals surface area contributed by atoms with E-state index in [1.807, 2.05) is 13.0 Å². The minimum atomic E-state index is -3.65. The second-order valence-electron chi connectivity index (χ2n) is 7.71. The molecule has 0 saturated carbocycles. The molecule has 1 amide bonds. The van der Waals surface area contributed by atoms with Crippen molar-refractivity contribution < 1.29 is 26.4 Å². The predicted molar refractivity (Wildman–Crippen MR) is 115 cm³/mol. The number of amides is 1. The molecule has 2 aliphatic rings. The summed E-state index contributed by atoms with van der Waals surface area (Å²) in [6, 6.07) is 5.37. The van der Waals surface area contributed by atoms with Crippen molar-refractivity contribution in [2.24, 2.45) is 0 Å². The van der Waals surface area contributed by atoms with Gasteiger partial charge in [-0.3, -0.25) is 4.79 Å². The van der Waals surface area contributed by atoms with Crippen LogP contribution in [0.5, 0.6) is 5.75 Å². The molecule has 1 aromatic rings. The van der Waals surface area contributed by atoms with Crippen molar-refractivity contribution >= 4 is 37.4 Å². The Hall–Kier alpha value is -1.36. The highest BCUT2D eigenvalue weighted by Gasteiger charge is 2.41. The lowest BCUT2D eigenvalue weighted by atomic mass is 10.2. The van der Waals surface area contributed by atoms with Crippen LogP contribution in [0, 0.1) is 6.92 Å². The first-order valence-corrected chi connectivity index (χ1v) is 13.6. The second-order valence-corrected chi connectivity index (χ2v) is 12.6. The first-order chi connectivity index (χ1) is 14.1. The molecule has 11 heteroatoms. The van der Waals surface area contributed by atoms with Crippen molar-refractivity contribution in [1.82, 2.24) is 9.21 Å². The lowest BCUT2D eigenvalue weighted by Gasteiger charge is -2.35. The van der Waals surface area contributed by atoms with E-state index in [4.69, 9.17) is 16.3 Å². The van der Waals surface area contributed by atoms with E-state index in [9.17, 15) is 21.6 Å². The van der Waals surface area contributed by atoms with Crippen LogP contribution in [-0.2, 0) is 24.7 Å². The normalized spacial score (nSPS) is 22.2. The van der Waals surface area contributed by atoms with Crippen LogP contribution in [0.3, 0.4) is 0 Å². The number of carbonyl (C=O) groups excluding carboxylic acids is 1. The van der Waals surface area contributed by atoms with Crippen LogP contribution in [0.1, 0.15) is 24.8 Å². The Bertz CT molecular complexity index is 988. The summed E-state index contributed by atoms with van der Waals surface area (Å²) in [6.07, 6.45) is 1.02. The van der Waals surface area contributed by atoms with Crippen molar-refractivity contribution in [2.75, 3.05) is 44.3 Å². The molecule has 2 fully saturated rings. The van der Waals surface area contributed by atoms with Crippen LogP contribution >= 0.6 is 11.6 Å². The van der Waals surface area contributed by atoms with Gasteiger partial charge in [-0.15, -0.1) is 0 Å². The van der Waals surface area contributed by atoms with Gasteiger partial charge in [-0.2, -0.15) is 4.31 Å². The molecule has 168 valence electrons. The molecule has 0 radical (unpaired) electrons. The number of rotatable bonds is 7. The lowest BCUT2D eigenvalue weighted by Crippen LogP contribution is -2.52. The van der Waals surface area contributed by atoms with Gasteiger partial charge in [0.15, 0.2) is 9.84 Å². The zero-order chi connectivity index (χ0) is 21.9. The van der Waals surface area contributed by atoms with Gasteiger partial charge in [0.1, 0.15) is 5.75 Å². The molecule has 1 atom stereocenters. The number of hydrogen-bond donors (Lipinski definition) is 0. The minimum Gasteiger partial charge on any atom is -0.493 e. The van der Waals surface area contributed by atoms with E-state index in [0.29, 0.717) is 37.6 Å². The summed E-state index contributed by atoms with van der Waals surface area (Å²) >= 11 is 5.92. The number of sulfone groups is 1. The number of sulfonamides is 1. The molecule has 3 rings (SSSR count). The van der Waals surface area contributed by atoms with Crippen LogP contribution in [0.2, 0.25) is 5.02 Å². The summed E-state index contributed by atoms with van der Waals surface area (Å²) in [7, 11) is -6.92. The van der Waals surface area contributed by atoms with Crippen molar-refractivity contribution in [1.29, 1.82) is 0 Å². The standard InChI is InChI=1S/C19H27ClN2O6S2/c1-15-13-16(20)4-5-18(15)28-11-2-3-19(23)21-7-9-22(10-8-21)30(26,27)17-6-12-29(24,25)14-17/h4-5,13,17H,2-3,6-12,14H2,1H3. The number of benzene rings is 1. The van der Waals surface area contributed by atoms with Crippen LogP contribution in [0.15, 0.2) is 18.2 Å². The van der Waals surface area contributed by atoms with Crippen LogP contribution < -0.4 is 4.74 Å². The minimum absolute atomic E-state index is 0.0353. The molecule has 8 nitrogen and oxygen atoms in total. The predicted octanol–water partition coefficient (Wildman–Crippen LogP) is 1.47. The van der Waals surface area contributed by atoms with Gasteiger partial charge < -0.3 is 9.64 Å². The molecular weight excluding hydrogens is 452 g/mol. The zero-order valence-corrected chi connectivity index (χ0v) is 19.3. The van der Waals surface area contributed by atoms with Crippen LogP contribution in [0.25, 0.3) is 0 Å². The van der Waals surface area contributed by atoms with Gasteiger partial charge in [0.25, 0.3) is 0 Å². The number of halogens is 1. The van der Waals surface area contributed by atoms with Gasteiger partial charge in [0, 0.05) is 37.6 Å². The Morgan fingerprint density at radius 3 is 2.53 bits per heavy atom. The van der Waals surface area contributed by atoms with E-state index in [2.05, 4.69) is 0 Å². The highest BCUT2D eigenvalue weighted by molar-refractivity contribution is 7.95. The summed E-state index contributed by atoms with van der Waals surface area (Å²) in [5.74, 6) is 0.320. The molecule has 0 aliphatic carbocycles. The third kappa shape index (κ3) is 5.66. The van der Waals surface area contributed by atoms with Crippen molar-refractivity contribution in [3.05, 3.63) is 28.8 Å². The Morgan fingerprint density at radius 2 is 1.93 bits per heavy atom. The third-order valence-corrected chi connectivity index (χ3v) is 10.0. The highest BCUT2D eigenvalue weighted by Crippen LogP contribution is 2.24. The fourth-order valence-electron chi connectivity index (χ4n) is 3.74. The molecule has 0 bridgehead atoms. The summed E-state index contributed by atoms with van der Waals surface area (Å²) in [4.78, 5) is 14.1. The topological polar surface area (TPSA) is 101 Å². The molecule has 2 saturated heterocycles. The SMILES string of the molecule is Cc1cc(Cl)ccc1OCCCC(=O)N1CCN(S(=O)(=O)C2CCS(=O)(=O)C2)CC1. The van der Waals surface area contributed by atoms with Gasteiger partial charge >= 0.3 is 0 Å². The van der Waals surface area contributed by atoms with Gasteiger partial charge in [0.05, 0.1) is 23.4 Å². The van der Waals surface area contributed by atoms with E-state index in [0.717, 1.165) is 11.3 Å². The van der Waals surface area contributed by atoms with E-state index in [1.165, 1.54) is 4.31 Å². The van der Waals surface area contributed by atoms with Gasteiger partial charge in [-0.25, -0.2) is 16.8 Å². The summed E-state index contributed by atoms with van der Waals surface area (Å²) in [5, 5.41) is -0.219. The summed E-state index contributed by atoms with van der Waals surface area (Å²) in [5.41, 5.74) is 0.932. The second kappa shape index (κ2) is 9.42. The van der Waals surface area contributed by atoms with Gasteiger partial charge in [-0.1, -0.05) is 11.6 Å². The Labute approximate surface area is 183 Å². The van der Waals surface area contributed by atoms with E-state index in [-0.39, 0.29) is 36.9 Å². The van der Waals surface area contributed by atoms with Crippen LogP contribution in [-0.4, -0.2) is 81.5 Å². The molecule has 0 N–H and O–H groups in total. The fourth-order valence-corrected chi connectivity index (χ4v) is 8.48. The molecule has 0 spiro atoms. The molecule has 1 aromatic carbocycles. The van der Waals surface area contributed by atoms with E-state index in [1.54, 1.807) is 17.0 Å². The third-order valence-electron chi connectivity index (χ3n) is 5.49. The fraction of sp³-hybridized carbons (Fsp3) is 0.632. The molecule has 0 aromatic heterocycles. The van der Waals surface area contributed by atoms with Crippen LogP contribution in [0.4, 0.5) is 0 Å². The number of carbonyl (C=O) groups is 1.